The molecule has 0 aliphatic carbocycles. The third kappa shape index (κ3) is 31.1. The lowest BCUT2D eigenvalue weighted by molar-refractivity contribution is -0.161. The zero-order valence-corrected chi connectivity index (χ0v) is 27.5. The van der Waals surface area contributed by atoms with Crippen LogP contribution in [0.15, 0.2) is 36.5 Å². The summed E-state index contributed by atoms with van der Waals surface area (Å²) in [7, 11) is 0. The van der Waals surface area contributed by atoms with Gasteiger partial charge in [-0.15, -0.1) is 0 Å². The Morgan fingerprint density at radius 1 is 0.548 bits per heavy atom. The van der Waals surface area contributed by atoms with E-state index >= 15 is 0 Å². The van der Waals surface area contributed by atoms with E-state index in [1.165, 1.54) is 89.9 Å². The van der Waals surface area contributed by atoms with Crippen LogP contribution in [-0.2, 0) is 19.1 Å². The first-order valence-corrected chi connectivity index (χ1v) is 17.5. The Balaban J connectivity index is 3.65. The van der Waals surface area contributed by atoms with Gasteiger partial charge in [-0.1, -0.05) is 140 Å². The quantitative estimate of drug-likeness (QED) is 0.0494. The van der Waals surface area contributed by atoms with Gasteiger partial charge in [-0.25, -0.2) is 0 Å². The van der Waals surface area contributed by atoms with Gasteiger partial charge in [0.2, 0.25) is 0 Å². The normalized spacial score (nSPS) is 12.5. The third-order valence-corrected chi connectivity index (χ3v) is 7.44. The summed E-state index contributed by atoms with van der Waals surface area (Å²) in [6, 6.07) is 0. The summed E-state index contributed by atoms with van der Waals surface area (Å²) in [6.07, 6.45) is 39.1. The van der Waals surface area contributed by atoms with Crippen molar-refractivity contribution in [3.63, 3.8) is 0 Å². The first-order chi connectivity index (χ1) is 20.6. The van der Waals surface area contributed by atoms with Crippen molar-refractivity contribution in [2.75, 3.05) is 13.2 Å². The van der Waals surface area contributed by atoms with Gasteiger partial charge in [-0.2, -0.15) is 0 Å². The number of rotatable bonds is 31. The highest BCUT2D eigenvalue weighted by molar-refractivity contribution is 5.70. The molecule has 0 amide bonds. The molecule has 0 aromatic carbocycles. The average Bonchev–Trinajstić information content (AvgIpc) is 2.99. The van der Waals surface area contributed by atoms with Crippen LogP contribution in [0.5, 0.6) is 0 Å². The molecule has 0 bridgehead atoms. The second kappa shape index (κ2) is 33.6. The van der Waals surface area contributed by atoms with Crippen LogP contribution in [-0.4, -0.2) is 36.4 Å². The third-order valence-electron chi connectivity index (χ3n) is 7.44. The fourth-order valence-electron chi connectivity index (χ4n) is 4.74. The van der Waals surface area contributed by atoms with Gasteiger partial charge in [0, 0.05) is 12.8 Å². The fraction of sp³-hybridized carbons (Fsp3) is 0.784. The van der Waals surface area contributed by atoms with Gasteiger partial charge >= 0.3 is 11.9 Å². The van der Waals surface area contributed by atoms with E-state index in [0.717, 1.165) is 51.4 Å². The average molecular weight is 591 g/mol. The molecule has 0 aromatic rings. The molecular formula is C37H66O5. The highest BCUT2D eigenvalue weighted by atomic mass is 16.6. The summed E-state index contributed by atoms with van der Waals surface area (Å²) < 4.78 is 10.5. The predicted molar refractivity (Wildman–Crippen MR) is 178 cm³/mol. The second-order valence-corrected chi connectivity index (χ2v) is 11.6. The van der Waals surface area contributed by atoms with Crippen LogP contribution in [0.1, 0.15) is 168 Å². The van der Waals surface area contributed by atoms with E-state index in [9.17, 15) is 14.7 Å². The molecule has 42 heavy (non-hydrogen) atoms. The van der Waals surface area contributed by atoms with Crippen LogP contribution < -0.4 is 0 Å². The molecule has 5 heteroatoms. The Hall–Kier alpha value is -1.88. The van der Waals surface area contributed by atoms with E-state index in [4.69, 9.17) is 9.47 Å². The van der Waals surface area contributed by atoms with Crippen molar-refractivity contribution in [1.82, 2.24) is 0 Å². The number of esters is 2. The Bertz CT molecular complexity index is 682. The standard InChI is InChI=1S/C37H66O5/c1-3-5-7-9-11-13-15-17-18-20-22-24-26-28-30-32-37(40)42-35(33-38)34-41-36(39)31-29-27-25-23-21-19-16-14-12-10-8-6-4-2/h11,13,17-18,22,24,35,38H,3-10,12,14-16,19-21,23,25-34H2,1-2H3/b13-11-,18-17-,24-22-/t35-/m0/s1. The number of hydrogen-bond acceptors (Lipinski definition) is 5. The second-order valence-electron chi connectivity index (χ2n) is 11.6. The number of carbonyl (C=O) groups excluding carboxylic acids is 2. The van der Waals surface area contributed by atoms with Crippen molar-refractivity contribution in [2.45, 2.75) is 174 Å². The van der Waals surface area contributed by atoms with Gasteiger partial charge in [-0.05, 0) is 51.4 Å². The smallest absolute Gasteiger partial charge is 0.306 e. The summed E-state index contributed by atoms with van der Waals surface area (Å²) >= 11 is 0. The topological polar surface area (TPSA) is 72.8 Å². The molecule has 0 radical (unpaired) electrons. The van der Waals surface area contributed by atoms with Gasteiger partial charge in [-0.3, -0.25) is 9.59 Å². The molecule has 0 saturated carbocycles. The number of unbranched alkanes of at least 4 members (excludes halogenated alkanes) is 17. The maximum absolute atomic E-state index is 12.1. The Labute approximate surface area is 259 Å². The fourth-order valence-corrected chi connectivity index (χ4v) is 4.74. The number of allylic oxidation sites excluding steroid dienone is 6. The largest absolute Gasteiger partial charge is 0.462 e. The molecule has 0 rings (SSSR count). The molecule has 0 saturated heterocycles. The van der Waals surface area contributed by atoms with Crippen LogP contribution in [0, 0.1) is 0 Å². The minimum atomic E-state index is -0.786. The van der Waals surface area contributed by atoms with E-state index in [2.05, 4.69) is 50.3 Å². The molecule has 244 valence electrons. The molecule has 1 N–H and O–H groups in total. The molecule has 0 aliphatic heterocycles. The minimum absolute atomic E-state index is 0.0789. The first-order valence-electron chi connectivity index (χ1n) is 17.5. The van der Waals surface area contributed by atoms with Crippen LogP contribution >= 0.6 is 0 Å². The van der Waals surface area contributed by atoms with Gasteiger partial charge in [0.05, 0.1) is 6.61 Å². The Morgan fingerprint density at radius 3 is 1.48 bits per heavy atom. The van der Waals surface area contributed by atoms with E-state index in [1.54, 1.807) is 0 Å². The molecule has 0 fully saturated rings. The maximum Gasteiger partial charge on any atom is 0.306 e. The van der Waals surface area contributed by atoms with Crippen molar-refractivity contribution in [1.29, 1.82) is 0 Å². The molecule has 0 unspecified atom stereocenters. The summed E-state index contributed by atoms with van der Waals surface area (Å²) in [5, 5.41) is 9.50. The summed E-state index contributed by atoms with van der Waals surface area (Å²) in [5.74, 6) is -0.635. The highest BCUT2D eigenvalue weighted by Crippen LogP contribution is 2.13. The summed E-state index contributed by atoms with van der Waals surface area (Å²) in [4.78, 5) is 24.1. The summed E-state index contributed by atoms with van der Waals surface area (Å²) in [6.45, 7) is 4.06. The monoisotopic (exact) mass is 590 g/mol. The first kappa shape index (κ1) is 40.1. The molecule has 0 aliphatic rings. The van der Waals surface area contributed by atoms with Gasteiger partial charge in [0.15, 0.2) is 6.10 Å². The van der Waals surface area contributed by atoms with Gasteiger partial charge in [0.25, 0.3) is 0 Å². The lowest BCUT2D eigenvalue weighted by Gasteiger charge is -2.15. The lowest BCUT2D eigenvalue weighted by Crippen LogP contribution is -2.28. The molecule has 0 heterocycles. The molecular weight excluding hydrogens is 524 g/mol. The van der Waals surface area contributed by atoms with Crippen molar-refractivity contribution in [3.8, 4) is 0 Å². The number of carbonyl (C=O) groups is 2. The zero-order chi connectivity index (χ0) is 30.8. The van der Waals surface area contributed by atoms with Crippen LogP contribution in [0.2, 0.25) is 0 Å². The SMILES string of the molecule is CCCCC/C=C\C/C=C\C/C=C\CCCCC(=O)O[C@@H](CO)COC(=O)CCCCCCCCCCCCCCC. The van der Waals surface area contributed by atoms with Crippen molar-refractivity contribution in [2.24, 2.45) is 0 Å². The number of aliphatic hydroxyl groups excluding tert-OH is 1. The van der Waals surface area contributed by atoms with Crippen LogP contribution in [0.4, 0.5) is 0 Å². The van der Waals surface area contributed by atoms with E-state index in [0.29, 0.717) is 12.8 Å². The number of hydrogen-bond donors (Lipinski definition) is 1. The van der Waals surface area contributed by atoms with E-state index in [-0.39, 0.29) is 25.2 Å². The van der Waals surface area contributed by atoms with Crippen molar-refractivity contribution < 1.29 is 24.2 Å². The molecule has 5 nitrogen and oxygen atoms in total. The summed E-state index contributed by atoms with van der Waals surface area (Å²) in [5.41, 5.74) is 0. The predicted octanol–water partition coefficient (Wildman–Crippen LogP) is 10.5. The number of aliphatic hydroxyl groups is 1. The van der Waals surface area contributed by atoms with Crippen LogP contribution in [0.3, 0.4) is 0 Å². The molecule has 0 spiro atoms. The minimum Gasteiger partial charge on any atom is -0.462 e. The van der Waals surface area contributed by atoms with Gasteiger partial charge < -0.3 is 14.6 Å². The molecule has 1 atom stereocenters. The van der Waals surface area contributed by atoms with Crippen molar-refractivity contribution >= 4 is 11.9 Å². The maximum atomic E-state index is 12.1. The lowest BCUT2D eigenvalue weighted by atomic mass is 10.0. The van der Waals surface area contributed by atoms with E-state index < -0.39 is 6.10 Å². The highest BCUT2D eigenvalue weighted by Gasteiger charge is 2.16. The van der Waals surface area contributed by atoms with E-state index in [1.807, 2.05) is 0 Å². The van der Waals surface area contributed by atoms with Crippen molar-refractivity contribution in [3.05, 3.63) is 36.5 Å². The van der Waals surface area contributed by atoms with Gasteiger partial charge in [0.1, 0.15) is 6.61 Å². The number of ether oxygens (including phenoxy) is 2. The Kier molecular flexibility index (Phi) is 32.1. The zero-order valence-electron chi connectivity index (χ0n) is 27.5. The molecule has 0 aromatic heterocycles. The Morgan fingerprint density at radius 2 is 0.952 bits per heavy atom. The van der Waals surface area contributed by atoms with Crippen LogP contribution in [0.25, 0.3) is 0 Å².